The molecular weight excluding hydrogens is 336 g/mol. The predicted octanol–water partition coefficient (Wildman–Crippen LogP) is 0.390. The molecule has 11 heteroatoms. The Labute approximate surface area is 123 Å². The second kappa shape index (κ2) is 6.76. The summed E-state index contributed by atoms with van der Waals surface area (Å²) in [7, 11) is -3.88. The van der Waals surface area contributed by atoms with Crippen LogP contribution in [0.3, 0.4) is 0 Å². The minimum Gasteiger partial charge on any atom is -0.349 e. The van der Waals surface area contributed by atoms with Gasteiger partial charge < -0.3 is 11.1 Å². The fourth-order valence-corrected chi connectivity index (χ4v) is 3.55. The fraction of sp³-hybridized carbons (Fsp3) is 0.444. The summed E-state index contributed by atoms with van der Waals surface area (Å²) in [5.41, 5.74) is 4.79. The first-order chi connectivity index (χ1) is 9.16. The van der Waals surface area contributed by atoms with E-state index < -0.39 is 41.5 Å². The topological polar surface area (TPSA) is 101 Å². The van der Waals surface area contributed by atoms with E-state index in [1.165, 1.54) is 12.1 Å². The summed E-state index contributed by atoms with van der Waals surface area (Å²) in [6.45, 7) is -2.51. The number of amides is 1. The average molecular weight is 348 g/mol. The minimum absolute atomic E-state index is 0.0670. The smallest absolute Gasteiger partial charge is 0.277 e. The predicted molar refractivity (Wildman–Crippen MR) is 71.5 cm³/mol. The second-order valence-corrected chi connectivity index (χ2v) is 7.43. The molecule has 1 amide bonds. The van der Waals surface area contributed by atoms with Crippen LogP contribution in [0, 0.1) is 0 Å². The first kappa shape index (κ1) is 17.2. The number of sulfonamides is 1. The molecule has 0 fully saturated rings. The van der Waals surface area contributed by atoms with Crippen LogP contribution < -0.4 is 15.8 Å². The maximum atomic E-state index is 12.8. The van der Waals surface area contributed by atoms with Crippen molar-refractivity contribution in [2.24, 2.45) is 5.73 Å². The molecule has 0 aliphatic carbocycles. The average Bonchev–Trinajstić information content (AvgIpc) is 2.82. The molecule has 1 aromatic heterocycles. The molecule has 114 valence electrons. The Morgan fingerprint density at radius 1 is 1.45 bits per heavy atom. The van der Waals surface area contributed by atoms with Gasteiger partial charge in [0.05, 0.1) is 24.0 Å². The zero-order valence-corrected chi connectivity index (χ0v) is 12.4. The molecule has 0 atom stereocenters. The van der Waals surface area contributed by atoms with E-state index in [0.29, 0.717) is 0 Å². The van der Waals surface area contributed by atoms with Crippen LogP contribution in [0.15, 0.2) is 16.3 Å². The van der Waals surface area contributed by atoms with Crippen LogP contribution in [0.1, 0.15) is 0 Å². The van der Waals surface area contributed by atoms with Crippen molar-refractivity contribution in [2.45, 2.75) is 10.1 Å². The molecule has 0 bridgehead atoms. The van der Waals surface area contributed by atoms with E-state index in [0.717, 1.165) is 11.3 Å². The van der Waals surface area contributed by atoms with Crippen molar-refractivity contribution in [3.63, 3.8) is 0 Å². The molecule has 6 nitrogen and oxygen atoms in total. The molecule has 0 aliphatic heterocycles. The van der Waals surface area contributed by atoms with E-state index in [2.05, 4.69) is 0 Å². The molecule has 0 radical (unpaired) electrons. The summed E-state index contributed by atoms with van der Waals surface area (Å²) in [6, 6.07) is 2.67. The van der Waals surface area contributed by atoms with Gasteiger partial charge in [0.2, 0.25) is 5.91 Å². The Kier molecular flexibility index (Phi) is 5.83. The molecule has 1 heterocycles. The van der Waals surface area contributed by atoms with Gasteiger partial charge in [0.1, 0.15) is 4.21 Å². The van der Waals surface area contributed by atoms with E-state index in [1.807, 2.05) is 10.0 Å². The number of thiophene rings is 1. The molecule has 0 unspecified atom stereocenters. The van der Waals surface area contributed by atoms with Crippen LogP contribution >= 0.6 is 22.9 Å². The zero-order chi connectivity index (χ0) is 15.4. The van der Waals surface area contributed by atoms with Crippen molar-refractivity contribution in [3.8, 4) is 0 Å². The summed E-state index contributed by atoms with van der Waals surface area (Å²) in [6.07, 6.45) is 0. The van der Waals surface area contributed by atoms with Crippen LogP contribution in [0.25, 0.3) is 0 Å². The van der Waals surface area contributed by atoms with Gasteiger partial charge in [-0.1, -0.05) is 11.6 Å². The molecule has 1 aromatic rings. The standard InChI is InChI=1S/C9H12ClF2N3O3S2/c10-6-1-2-8(19-6)20(17,18)15-3-7(16)14-5-9(11,12)4-13/h1-2,15H,3-5,13H2,(H,14,16). The first-order valence-electron chi connectivity index (χ1n) is 5.26. The SMILES string of the molecule is NCC(F)(F)CNC(=O)CNS(=O)(=O)c1ccc(Cl)s1. The number of halogens is 3. The molecule has 0 saturated heterocycles. The third-order valence-electron chi connectivity index (χ3n) is 2.08. The van der Waals surface area contributed by atoms with Crippen molar-refractivity contribution in [1.82, 2.24) is 10.0 Å². The maximum Gasteiger partial charge on any atom is 0.277 e. The fourth-order valence-electron chi connectivity index (χ4n) is 1.04. The van der Waals surface area contributed by atoms with Crippen LogP contribution in [0.4, 0.5) is 8.78 Å². The van der Waals surface area contributed by atoms with Gasteiger partial charge in [0, 0.05) is 0 Å². The van der Waals surface area contributed by atoms with E-state index in [4.69, 9.17) is 17.3 Å². The van der Waals surface area contributed by atoms with Crippen LogP contribution in [0.2, 0.25) is 4.34 Å². The van der Waals surface area contributed by atoms with Gasteiger partial charge in [0.25, 0.3) is 15.9 Å². The number of carbonyl (C=O) groups is 1. The lowest BCUT2D eigenvalue weighted by Crippen LogP contribution is -2.44. The van der Waals surface area contributed by atoms with Crippen LogP contribution in [-0.4, -0.2) is 39.9 Å². The summed E-state index contributed by atoms with van der Waals surface area (Å²) < 4.78 is 51.1. The summed E-state index contributed by atoms with van der Waals surface area (Å²) in [5, 5.41) is 1.88. The van der Waals surface area contributed by atoms with Crippen molar-refractivity contribution >= 4 is 38.9 Å². The molecule has 0 spiro atoms. The minimum atomic E-state index is -3.88. The van der Waals surface area contributed by atoms with Gasteiger partial charge in [-0.15, -0.1) is 11.3 Å². The third kappa shape index (κ3) is 5.29. The van der Waals surface area contributed by atoms with Crippen molar-refractivity contribution in [2.75, 3.05) is 19.6 Å². The zero-order valence-electron chi connectivity index (χ0n) is 10.0. The highest BCUT2D eigenvalue weighted by Gasteiger charge is 2.27. The number of hydrogen-bond acceptors (Lipinski definition) is 5. The molecular formula is C9H12ClF2N3O3S2. The molecule has 20 heavy (non-hydrogen) atoms. The Balaban J connectivity index is 2.49. The summed E-state index contributed by atoms with van der Waals surface area (Å²) in [4.78, 5) is 11.3. The van der Waals surface area contributed by atoms with E-state index in [9.17, 15) is 22.0 Å². The van der Waals surface area contributed by atoms with Gasteiger partial charge >= 0.3 is 0 Å². The van der Waals surface area contributed by atoms with E-state index >= 15 is 0 Å². The van der Waals surface area contributed by atoms with Crippen molar-refractivity contribution < 1.29 is 22.0 Å². The molecule has 1 rings (SSSR count). The van der Waals surface area contributed by atoms with Gasteiger partial charge in [-0.25, -0.2) is 21.9 Å². The lowest BCUT2D eigenvalue weighted by atomic mass is 10.3. The highest BCUT2D eigenvalue weighted by atomic mass is 35.5. The van der Waals surface area contributed by atoms with Gasteiger partial charge in [0.15, 0.2) is 0 Å². The van der Waals surface area contributed by atoms with Gasteiger partial charge in [-0.05, 0) is 12.1 Å². The highest BCUT2D eigenvalue weighted by Crippen LogP contribution is 2.25. The second-order valence-electron chi connectivity index (χ2n) is 3.72. The first-order valence-corrected chi connectivity index (χ1v) is 7.94. The number of alkyl halides is 2. The Morgan fingerprint density at radius 2 is 2.10 bits per heavy atom. The number of nitrogens with one attached hydrogen (secondary N) is 2. The summed E-state index contributed by atoms with van der Waals surface area (Å²) >= 11 is 6.41. The Bertz CT molecular complexity index is 577. The largest absolute Gasteiger partial charge is 0.349 e. The summed E-state index contributed by atoms with van der Waals surface area (Å²) in [5.74, 6) is -4.11. The van der Waals surface area contributed by atoms with Crippen molar-refractivity contribution in [3.05, 3.63) is 16.5 Å². The normalized spacial score (nSPS) is 12.4. The lowest BCUT2D eigenvalue weighted by Gasteiger charge is -2.14. The number of carbonyl (C=O) groups excluding carboxylic acids is 1. The van der Waals surface area contributed by atoms with Crippen LogP contribution in [-0.2, 0) is 14.8 Å². The Hall–Kier alpha value is -0.810. The van der Waals surface area contributed by atoms with Crippen LogP contribution in [0.5, 0.6) is 0 Å². The quantitative estimate of drug-likeness (QED) is 0.664. The molecule has 0 aliphatic rings. The number of rotatable bonds is 7. The van der Waals surface area contributed by atoms with E-state index in [1.54, 1.807) is 0 Å². The molecule has 0 aromatic carbocycles. The number of hydrogen-bond donors (Lipinski definition) is 3. The molecule has 4 N–H and O–H groups in total. The van der Waals surface area contributed by atoms with Gasteiger partial charge in [-0.3, -0.25) is 4.79 Å². The number of nitrogens with two attached hydrogens (primary N) is 1. The monoisotopic (exact) mass is 347 g/mol. The van der Waals surface area contributed by atoms with Gasteiger partial charge in [-0.2, -0.15) is 0 Å². The maximum absolute atomic E-state index is 12.8. The lowest BCUT2D eigenvalue weighted by molar-refractivity contribution is -0.121. The van der Waals surface area contributed by atoms with Crippen molar-refractivity contribution in [1.29, 1.82) is 0 Å². The third-order valence-corrected chi connectivity index (χ3v) is 5.20. The molecule has 0 saturated carbocycles. The van der Waals surface area contributed by atoms with E-state index in [-0.39, 0.29) is 8.55 Å². The highest BCUT2D eigenvalue weighted by molar-refractivity contribution is 7.91. The Morgan fingerprint density at radius 3 is 2.60 bits per heavy atom.